The summed E-state index contributed by atoms with van der Waals surface area (Å²) in [7, 11) is 0. The van der Waals surface area contributed by atoms with Gasteiger partial charge in [-0.1, -0.05) is 36.4 Å². The van der Waals surface area contributed by atoms with Gasteiger partial charge in [0.2, 0.25) is 5.91 Å². The van der Waals surface area contributed by atoms with Gasteiger partial charge in [-0.2, -0.15) is 0 Å². The Bertz CT molecular complexity index is 680. The Labute approximate surface area is 148 Å². The Balaban J connectivity index is 1.46. The first-order chi connectivity index (χ1) is 12.1. The van der Waals surface area contributed by atoms with Crippen molar-refractivity contribution in [3.05, 3.63) is 59.8 Å². The third-order valence-electron chi connectivity index (χ3n) is 4.74. The fraction of sp³-hybridized carbons (Fsp3) is 0.400. The summed E-state index contributed by atoms with van der Waals surface area (Å²) in [6.45, 7) is 4.22. The van der Waals surface area contributed by atoms with E-state index in [1.54, 1.807) is 6.20 Å². The second kappa shape index (κ2) is 8.23. The topological polar surface area (TPSA) is 65.5 Å². The lowest BCUT2D eigenvalue weighted by Gasteiger charge is -2.32. The molecule has 0 radical (unpaired) electrons. The molecule has 0 bridgehead atoms. The first-order valence-electron chi connectivity index (χ1n) is 8.80. The molecule has 1 fully saturated rings. The summed E-state index contributed by atoms with van der Waals surface area (Å²) in [4.78, 5) is 18.8. The molecule has 2 heterocycles. The van der Waals surface area contributed by atoms with Gasteiger partial charge in [-0.15, -0.1) is 0 Å². The number of rotatable bonds is 5. The summed E-state index contributed by atoms with van der Waals surface area (Å²) in [5.41, 5.74) is 2.01. The van der Waals surface area contributed by atoms with Crippen molar-refractivity contribution in [3.63, 3.8) is 0 Å². The lowest BCUT2D eigenvalue weighted by atomic mass is 9.95. The van der Waals surface area contributed by atoms with Crippen molar-refractivity contribution in [2.24, 2.45) is 5.92 Å². The summed E-state index contributed by atoms with van der Waals surface area (Å²) in [6, 6.07) is 13.5. The Morgan fingerprint density at radius 2 is 1.96 bits per heavy atom. The van der Waals surface area contributed by atoms with Crippen LogP contribution in [0.5, 0.6) is 0 Å². The Morgan fingerprint density at radius 3 is 2.60 bits per heavy atom. The number of benzene rings is 1. The normalized spacial score (nSPS) is 17.2. The van der Waals surface area contributed by atoms with Gasteiger partial charge in [0.05, 0.1) is 6.10 Å². The Kier molecular flexibility index (Phi) is 5.79. The highest BCUT2D eigenvalue weighted by Gasteiger charge is 2.26. The molecule has 1 unspecified atom stereocenters. The number of aromatic nitrogens is 1. The van der Waals surface area contributed by atoms with E-state index >= 15 is 0 Å². The van der Waals surface area contributed by atoms with Gasteiger partial charge >= 0.3 is 0 Å². The number of pyridine rings is 1. The van der Waals surface area contributed by atoms with Crippen molar-refractivity contribution in [1.82, 2.24) is 9.88 Å². The fourth-order valence-electron chi connectivity index (χ4n) is 3.17. The lowest BCUT2D eigenvalue weighted by Crippen LogP contribution is -2.40. The monoisotopic (exact) mass is 339 g/mol. The van der Waals surface area contributed by atoms with Gasteiger partial charge < -0.3 is 15.3 Å². The number of piperidine rings is 1. The number of carbonyl (C=O) groups is 1. The molecule has 1 atom stereocenters. The molecule has 2 N–H and O–H groups in total. The molecule has 1 aliphatic heterocycles. The lowest BCUT2D eigenvalue weighted by molar-refractivity contribution is -0.121. The molecule has 1 amide bonds. The van der Waals surface area contributed by atoms with E-state index in [9.17, 15) is 9.90 Å². The fourth-order valence-corrected chi connectivity index (χ4v) is 3.17. The van der Waals surface area contributed by atoms with E-state index in [1.165, 1.54) is 0 Å². The van der Waals surface area contributed by atoms with Crippen molar-refractivity contribution < 1.29 is 9.90 Å². The second-order valence-electron chi connectivity index (χ2n) is 6.71. The number of β-amino-alcohol motifs (C(OH)–C–C–N with tert-alkyl or cyclic N) is 1. The van der Waals surface area contributed by atoms with Gasteiger partial charge in [0.1, 0.15) is 5.82 Å². The SMILES string of the molecule is Cc1ccc(NC(=O)C2CCN(CC(O)c3ccccc3)CC2)nc1. The molecule has 1 aromatic carbocycles. The van der Waals surface area contributed by atoms with Crippen molar-refractivity contribution in [3.8, 4) is 0 Å². The maximum atomic E-state index is 12.4. The van der Waals surface area contributed by atoms with Crippen molar-refractivity contribution >= 4 is 11.7 Å². The highest BCUT2D eigenvalue weighted by molar-refractivity contribution is 5.91. The number of nitrogens with zero attached hydrogens (tertiary/aromatic N) is 2. The van der Waals surface area contributed by atoms with E-state index in [1.807, 2.05) is 49.4 Å². The molecule has 1 aromatic heterocycles. The van der Waals surface area contributed by atoms with Crippen LogP contribution in [0, 0.1) is 12.8 Å². The molecular formula is C20H25N3O2. The molecule has 0 aliphatic carbocycles. The maximum absolute atomic E-state index is 12.4. The summed E-state index contributed by atoms with van der Waals surface area (Å²) in [6.07, 6.45) is 2.88. The number of hydrogen-bond acceptors (Lipinski definition) is 4. The molecule has 25 heavy (non-hydrogen) atoms. The number of hydrogen-bond donors (Lipinski definition) is 2. The number of carbonyl (C=O) groups excluding carboxylic acids is 1. The minimum absolute atomic E-state index is 0.00761. The van der Waals surface area contributed by atoms with E-state index in [2.05, 4.69) is 15.2 Å². The maximum Gasteiger partial charge on any atom is 0.228 e. The van der Waals surface area contributed by atoms with Crippen LogP contribution in [0.3, 0.4) is 0 Å². The Hall–Kier alpha value is -2.24. The smallest absolute Gasteiger partial charge is 0.228 e. The van der Waals surface area contributed by atoms with E-state index in [-0.39, 0.29) is 11.8 Å². The molecule has 0 saturated carbocycles. The summed E-state index contributed by atoms with van der Waals surface area (Å²) in [5, 5.41) is 13.2. The van der Waals surface area contributed by atoms with Crippen molar-refractivity contribution in [1.29, 1.82) is 0 Å². The zero-order chi connectivity index (χ0) is 17.6. The quantitative estimate of drug-likeness (QED) is 0.879. The predicted molar refractivity (Wildman–Crippen MR) is 98.2 cm³/mol. The average Bonchev–Trinajstić information content (AvgIpc) is 2.65. The summed E-state index contributed by atoms with van der Waals surface area (Å²) >= 11 is 0. The number of aliphatic hydroxyl groups is 1. The van der Waals surface area contributed by atoms with Crippen LogP contribution in [0.25, 0.3) is 0 Å². The zero-order valence-corrected chi connectivity index (χ0v) is 14.6. The van der Waals surface area contributed by atoms with E-state index < -0.39 is 6.10 Å². The van der Waals surface area contributed by atoms with Gasteiger partial charge in [-0.05, 0) is 50.0 Å². The highest BCUT2D eigenvalue weighted by Crippen LogP contribution is 2.22. The van der Waals surface area contributed by atoms with Crippen LogP contribution in [0.4, 0.5) is 5.82 Å². The number of anilines is 1. The third-order valence-corrected chi connectivity index (χ3v) is 4.74. The van der Waals surface area contributed by atoms with Crippen LogP contribution < -0.4 is 5.32 Å². The molecule has 0 spiro atoms. The highest BCUT2D eigenvalue weighted by atomic mass is 16.3. The molecule has 1 saturated heterocycles. The molecular weight excluding hydrogens is 314 g/mol. The number of aliphatic hydroxyl groups excluding tert-OH is 1. The standard InChI is InChI=1S/C20H25N3O2/c1-15-7-8-19(21-13-15)22-20(25)17-9-11-23(12-10-17)14-18(24)16-5-3-2-4-6-16/h2-8,13,17-18,24H,9-12,14H2,1H3,(H,21,22,25). The molecule has 132 valence electrons. The van der Waals surface area contributed by atoms with Gasteiger partial charge in [-0.25, -0.2) is 4.98 Å². The van der Waals surface area contributed by atoms with Crippen LogP contribution in [-0.4, -0.2) is 40.5 Å². The molecule has 2 aromatic rings. The minimum Gasteiger partial charge on any atom is -0.387 e. The number of aryl methyl sites for hydroxylation is 1. The van der Waals surface area contributed by atoms with Crippen molar-refractivity contribution in [2.45, 2.75) is 25.9 Å². The minimum atomic E-state index is -0.483. The van der Waals surface area contributed by atoms with Gasteiger partial charge in [0.15, 0.2) is 0 Å². The molecule has 1 aliphatic rings. The first-order valence-corrected chi connectivity index (χ1v) is 8.80. The average molecular weight is 339 g/mol. The van der Waals surface area contributed by atoms with Crippen LogP contribution >= 0.6 is 0 Å². The molecule has 5 nitrogen and oxygen atoms in total. The van der Waals surface area contributed by atoms with Crippen LogP contribution in [0.2, 0.25) is 0 Å². The van der Waals surface area contributed by atoms with Gasteiger partial charge in [-0.3, -0.25) is 4.79 Å². The summed E-state index contributed by atoms with van der Waals surface area (Å²) < 4.78 is 0. The number of nitrogens with one attached hydrogen (secondary N) is 1. The van der Waals surface area contributed by atoms with E-state index in [4.69, 9.17) is 0 Å². The zero-order valence-electron chi connectivity index (χ0n) is 14.6. The first kappa shape index (κ1) is 17.6. The van der Waals surface area contributed by atoms with Gasteiger partial charge in [0, 0.05) is 18.7 Å². The van der Waals surface area contributed by atoms with Crippen LogP contribution in [0.1, 0.15) is 30.1 Å². The number of amides is 1. The van der Waals surface area contributed by atoms with Crippen LogP contribution in [-0.2, 0) is 4.79 Å². The van der Waals surface area contributed by atoms with Gasteiger partial charge in [0.25, 0.3) is 0 Å². The van der Waals surface area contributed by atoms with E-state index in [0.717, 1.165) is 37.1 Å². The van der Waals surface area contributed by atoms with Crippen LogP contribution in [0.15, 0.2) is 48.7 Å². The predicted octanol–water partition coefficient (Wildman–Crippen LogP) is 2.77. The number of likely N-dealkylation sites (tertiary alicyclic amines) is 1. The van der Waals surface area contributed by atoms with E-state index in [0.29, 0.717) is 12.4 Å². The van der Waals surface area contributed by atoms with Crippen molar-refractivity contribution in [2.75, 3.05) is 25.0 Å². The molecule has 3 rings (SSSR count). The summed E-state index contributed by atoms with van der Waals surface area (Å²) in [5.74, 6) is 0.658. The Morgan fingerprint density at radius 1 is 1.24 bits per heavy atom. The molecule has 5 heteroatoms. The largest absolute Gasteiger partial charge is 0.387 e. The third kappa shape index (κ3) is 4.87. The second-order valence-corrected chi connectivity index (χ2v) is 6.71.